The van der Waals surface area contributed by atoms with Gasteiger partial charge < -0.3 is 0 Å². The van der Waals surface area contributed by atoms with Crippen molar-refractivity contribution in [2.45, 2.75) is 6.92 Å². The van der Waals surface area contributed by atoms with Gasteiger partial charge in [0, 0.05) is 4.88 Å². The largest absolute Gasteiger partial charge is 0.288 e. The van der Waals surface area contributed by atoms with E-state index in [4.69, 9.17) is 0 Å². The summed E-state index contributed by atoms with van der Waals surface area (Å²) in [5.41, 5.74) is 0.687. The Morgan fingerprint density at radius 2 is 2.12 bits per heavy atom. The van der Waals surface area contributed by atoms with Crippen molar-refractivity contribution < 1.29 is 9.18 Å². The van der Waals surface area contributed by atoms with Crippen LogP contribution in [0.1, 0.15) is 20.1 Å². The molecule has 0 radical (unpaired) electrons. The molecular formula is C14H11FOS. The lowest BCUT2D eigenvalue weighted by Gasteiger charge is -1.93. The lowest BCUT2D eigenvalue weighted by atomic mass is 10.2. The predicted octanol–water partition coefficient (Wildman–Crippen LogP) is 4.09. The molecule has 0 fully saturated rings. The Labute approximate surface area is 103 Å². The molecule has 1 heterocycles. The minimum atomic E-state index is -0.299. The fourth-order valence-electron chi connectivity index (χ4n) is 1.43. The van der Waals surface area contributed by atoms with Gasteiger partial charge in [-0.1, -0.05) is 18.2 Å². The molecule has 1 aromatic heterocycles. The molecule has 2 aromatic rings. The number of hydrogen-bond donors (Lipinski definition) is 0. The maximum atomic E-state index is 12.9. The first-order valence-electron chi connectivity index (χ1n) is 5.19. The van der Waals surface area contributed by atoms with Crippen LogP contribution >= 0.6 is 11.3 Å². The summed E-state index contributed by atoms with van der Waals surface area (Å²) in [6.45, 7) is 1.96. The quantitative estimate of drug-likeness (QED) is 0.589. The highest BCUT2D eigenvalue weighted by Crippen LogP contribution is 2.16. The van der Waals surface area contributed by atoms with E-state index in [2.05, 4.69) is 0 Å². The van der Waals surface area contributed by atoms with E-state index in [0.29, 0.717) is 10.4 Å². The zero-order valence-electron chi connectivity index (χ0n) is 9.31. The Balaban J connectivity index is 2.13. The zero-order chi connectivity index (χ0) is 12.3. The van der Waals surface area contributed by atoms with Crippen LogP contribution in [0, 0.1) is 12.7 Å². The third-order valence-corrected chi connectivity index (χ3v) is 3.27. The van der Waals surface area contributed by atoms with E-state index < -0.39 is 0 Å². The molecule has 0 N–H and O–H groups in total. The molecule has 0 saturated heterocycles. The van der Waals surface area contributed by atoms with Gasteiger partial charge in [-0.15, -0.1) is 11.3 Å². The highest BCUT2D eigenvalue weighted by molar-refractivity contribution is 7.14. The van der Waals surface area contributed by atoms with Crippen LogP contribution in [0.2, 0.25) is 0 Å². The van der Waals surface area contributed by atoms with Gasteiger partial charge >= 0.3 is 0 Å². The van der Waals surface area contributed by atoms with E-state index in [1.54, 1.807) is 24.3 Å². The smallest absolute Gasteiger partial charge is 0.195 e. The number of carbonyl (C=O) groups is 1. The lowest BCUT2D eigenvalue weighted by Crippen LogP contribution is -1.88. The number of aryl methyl sites for hydroxylation is 1. The minimum absolute atomic E-state index is 0.0487. The third kappa shape index (κ3) is 3.11. The van der Waals surface area contributed by atoms with Crippen LogP contribution in [-0.4, -0.2) is 5.78 Å². The Kier molecular flexibility index (Phi) is 3.49. The SMILES string of the molecule is Cc1ccc(C(=O)C=Cc2cccc(F)c2)s1. The van der Waals surface area contributed by atoms with Crippen LogP contribution in [0.15, 0.2) is 42.5 Å². The van der Waals surface area contributed by atoms with Crippen molar-refractivity contribution in [3.63, 3.8) is 0 Å². The predicted molar refractivity (Wildman–Crippen MR) is 68.8 cm³/mol. The first-order chi connectivity index (χ1) is 8.15. The third-order valence-electron chi connectivity index (χ3n) is 2.26. The molecule has 86 valence electrons. The Hall–Kier alpha value is -1.74. The average Bonchev–Trinajstić information content (AvgIpc) is 2.73. The van der Waals surface area contributed by atoms with E-state index in [9.17, 15) is 9.18 Å². The van der Waals surface area contributed by atoms with Crippen LogP contribution in [0.3, 0.4) is 0 Å². The van der Waals surface area contributed by atoms with Gasteiger partial charge in [0.1, 0.15) is 5.82 Å². The lowest BCUT2D eigenvalue weighted by molar-refractivity contribution is 0.105. The number of carbonyl (C=O) groups excluding carboxylic acids is 1. The molecule has 17 heavy (non-hydrogen) atoms. The van der Waals surface area contributed by atoms with Crippen molar-refractivity contribution in [3.05, 3.63) is 63.6 Å². The monoisotopic (exact) mass is 246 g/mol. The Morgan fingerprint density at radius 1 is 1.29 bits per heavy atom. The summed E-state index contributed by atoms with van der Waals surface area (Å²) < 4.78 is 12.9. The van der Waals surface area contributed by atoms with Crippen molar-refractivity contribution in [3.8, 4) is 0 Å². The maximum Gasteiger partial charge on any atom is 0.195 e. The van der Waals surface area contributed by atoms with Gasteiger partial charge in [0.25, 0.3) is 0 Å². The molecular weight excluding hydrogens is 235 g/mol. The summed E-state index contributed by atoms with van der Waals surface area (Å²) in [6, 6.07) is 9.86. The first-order valence-corrected chi connectivity index (χ1v) is 6.01. The summed E-state index contributed by atoms with van der Waals surface area (Å²) >= 11 is 1.46. The topological polar surface area (TPSA) is 17.1 Å². The van der Waals surface area contributed by atoms with Crippen molar-refractivity contribution in [1.29, 1.82) is 0 Å². The number of rotatable bonds is 3. The first kappa shape index (κ1) is 11.7. The van der Waals surface area contributed by atoms with Gasteiger partial charge in [-0.2, -0.15) is 0 Å². The summed E-state index contributed by atoms with van der Waals surface area (Å²) in [6.07, 6.45) is 3.10. The molecule has 0 saturated carbocycles. The van der Waals surface area contributed by atoms with Crippen LogP contribution in [-0.2, 0) is 0 Å². The molecule has 0 bridgehead atoms. The van der Waals surface area contributed by atoms with Gasteiger partial charge in [-0.25, -0.2) is 4.39 Å². The highest BCUT2D eigenvalue weighted by Gasteiger charge is 2.03. The second-order valence-electron chi connectivity index (χ2n) is 3.66. The molecule has 1 nitrogen and oxygen atoms in total. The van der Waals surface area contributed by atoms with Crippen LogP contribution < -0.4 is 0 Å². The Bertz CT molecular complexity index is 569. The van der Waals surface area contributed by atoms with E-state index >= 15 is 0 Å². The molecule has 0 amide bonds. The molecule has 3 heteroatoms. The summed E-state index contributed by atoms with van der Waals surface area (Å²) in [5, 5.41) is 0. The molecule has 2 rings (SSSR count). The van der Waals surface area contributed by atoms with Gasteiger partial charge in [0.2, 0.25) is 0 Å². The Morgan fingerprint density at radius 3 is 2.76 bits per heavy atom. The summed E-state index contributed by atoms with van der Waals surface area (Å²) in [5.74, 6) is -0.348. The van der Waals surface area contributed by atoms with E-state index in [1.807, 2.05) is 13.0 Å². The molecule has 0 atom stereocenters. The van der Waals surface area contributed by atoms with Gasteiger partial charge in [0.15, 0.2) is 5.78 Å². The number of thiophene rings is 1. The van der Waals surface area contributed by atoms with Crippen LogP contribution in [0.4, 0.5) is 4.39 Å². The maximum absolute atomic E-state index is 12.9. The van der Waals surface area contributed by atoms with Crippen molar-refractivity contribution in [2.24, 2.45) is 0 Å². The van der Waals surface area contributed by atoms with E-state index in [0.717, 1.165) is 4.88 Å². The van der Waals surface area contributed by atoms with E-state index in [1.165, 1.54) is 29.5 Å². The average molecular weight is 246 g/mol. The molecule has 0 aliphatic rings. The second kappa shape index (κ2) is 5.06. The van der Waals surface area contributed by atoms with Crippen LogP contribution in [0.25, 0.3) is 6.08 Å². The summed E-state index contributed by atoms with van der Waals surface area (Å²) in [4.78, 5) is 13.6. The molecule has 0 aliphatic heterocycles. The van der Waals surface area contributed by atoms with Gasteiger partial charge in [-0.3, -0.25) is 4.79 Å². The van der Waals surface area contributed by atoms with Crippen molar-refractivity contribution in [2.75, 3.05) is 0 Å². The fraction of sp³-hybridized carbons (Fsp3) is 0.0714. The number of benzene rings is 1. The standard InChI is InChI=1S/C14H11FOS/c1-10-5-8-14(17-10)13(16)7-6-11-3-2-4-12(15)9-11/h2-9H,1H3. The molecule has 0 unspecified atom stereocenters. The van der Waals surface area contributed by atoms with Crippen molar-refractivity contribution in [1.82, 2.24) is 0 Å². The number of hydrogen-bond acceptors (Lipinski definition) is 2. The zero-order valence-corrected chi connectivity index (χ0v) is 10.1. The highest BCUT2D eigenvalue weighted by atomic mass is 32.1. The second-order valence-corrected chi connectivity index (χ2v) is 4.95. The van der Waals surface area contributed by atoms with Gasteiger partial charge in [0.05, 0.1) is 4.88 Å². The summed E-state index contributed by atoms with van der Waals surface area (Å²) in [7, 11) is 0. The van der Waals surface area contributed by atoms with E-state index in [-0.39, 0.29) is 11.6 Å². The van der Waals surface area contributed by atoms with Crippen LogP contribution in [0.5, 0.6) is 0 Å². The number of halogens is 1. The fourth-order valence-corrected chi connectivity index (χ4v) is 2.22. The molecule has 1 aromatic carbocycles. The van der Waals surface area contributed by atoms with Crippen molar-refractivity contribution >= 4 is 23.2 Å². The minimum Gasteiger partial charge on any atom is -0.288 e. The van der Waals surface area contributed by atoms with Gasteiger partial charge in [-0.05, 0) is 42.8 Å². The molecule has 0 spiro atoms. The number of allylic oxidation sites excluding steroid dienone is 1. The molecule has 0 aliphatic carbocycles. The number of ketones is 1. The normalized spacial score (nSPS) is 10.9.